The fourth-order valence-corrected chi connectivity index (χ4v) is 2.09. The van der Waals surface area contributed by atoms with E-state index < -0.39 is 6.29 Å². The standard InChI is InChI=1S/C13H20N2O4/c1-9(14-10(2)13(18-3)19-4)11-7-5-6-8-12(11)15(16)17/h5-10,13-14H,1-4H3. The molecule has 6 nitrogen and oxygen atoms in total. The summed E-state index contributed by atoms with van der Waals surface area (Å²) in [5.74, 6) is 0. The molecule has 0 heterocycles. The molecule has 2 unspecified atom stereocenters. The lowest BCUT2D eigenvalue weighted by molar-refractivity contribution is -0.385. The van der Waals surface area contributed by atoms with E-state index >= 15 is 0 Å². The molecule has 0 saturated carbocycles. The molecule has 1 rings (SSSR count). The van der Waals surface area contributed by atoms with Crippen molar-refractivity contribution in [1.29, 1.82) is 0 Å². The first-order valence-corrected chi connectivity index (χ1v) is 6.06. The van der Waals surface area contributed by atoms with E-state index in [2.05, 4.69) is 5.32 Å². The molecule has 0 saturated heterocycles. The molecule has 0 aliphatic carbocycles. The van der Waals surface area contributed by atoms with Gasteiger partial charge < -0.3 is 14.8 Å². The summed E-state index contributed by atoms with van der Waals surface area (Å²) < 4.78 is 10.3. The van der Waals surface area contributed by atoms with Crippen LogP contribution in [0.5, 0.6) is 0 Å². The molecule has 6 heteroatoms. The topological polar surface area (TPSA) is 73.6 Å². The zero-order chi connectivity index (χ0) is 14.4. The van der Waals surface area contributed by atoms with Crippen LogP contribution < -0.4 is 5.32 Å². The number of benzene rings is 1. The average Bonchev–Trinajstić information content (AvgIpc) is 2.40. The van der Waals surface area contributed by atoms with Crippen molar-refractivity contribution in [2.24, 2.45) is 0 Å². The monoisotopic (exact) mass is 268 g/mol. The molecule has 1 N–H and O–H groups in total. The van der Waals surface area contributed by atoms with E-state index in [4.69, 9.17) is 9.47 Å². The Morgan fingerprint density at radius 2 is 1.79 bits per heavy atom. The molecule has 1 aromatic carbocycles. The molecule has 0 bridgehead atoms. The minimum absolute atomic E-state index is 0.0928. The summed E-state index contributed by atoms with van der Waals surface area (Å²) in [5, 5.41) is 14.2. The first-order valence-electron chi connectivity index (χ1n) is 6.06. The fraction of sp³-hybridized carbons (Fsp3) is 0.538. The van der Waals surface area contributed by atoms with Crippen LogP contribution in [0.15, 0.2) is 24.3 Å². The number of nitrogens with one attached hydrogen (secondary N) is 1. The Hall–Kier alpha value is -1.50. The van der Waals surface area contributed by atoms with Crippen molar-refractivity contribution < 1.29 is 14.4 Å². The third-order valence-electron chi connectivity index (χ3n) is 2.99. The maximum absolute atomic E-state index is 11.0. The molecule has 19 heavy (non-hydrogen) atoms. The average molecular weight is 268 g/mol. The number of nitro groups is 1. The molecule has 0 aromatic heterocycles. The second kappa shape index (κ2) is 7.18. The van der Waals surface area contributed by atoms with Crippen LogP contribution in [0.2, 0.25) is 0 Å². The SMILES string of the molecule is COC(OC)C(C)NC(C)c1ccccc1[N+](=O)[O-]. The van der Waals surface area contributed by atoms with Gasteiger partial charge in [0.15, 0.2) is 6.29 Å². The number of para-hydroxylation sites is 1. The zero-order valence-corrected chi connectivity index (χ0v) is 11.6. The first kappa shape index (κ1) is 15.6. The molecule has 0 fully saturated rings. The van der Waals surface area contributed by atoms with Crippen molar-refractivity contribution in [1.82, 2.24) is 5.32 Å². The number of rotatable bonds is 7. The molecule has 0 spiro atoms. The second-order valence-electron chi connectivity index (χ2n) is 4.33. The summed E-state index contributed by atoms with van der Waals surface area (Å²) in [6.07, 6.45) is -0.398. The van der Waals surface area contributed by atoms with E-state index in [-0.39, 0.29) is 22.7 Å². The Morgan fingerprint density at radius 3 is 2.32 bits per heavy atom. The number of hydrogen-bond acceptors (Lipinski definition) is 5. The van der Waals surface area contributed by atoms with Gasteiger partial charge in [-0.1, -0.05) is 18.2 Å². The number of nitro benzene ring substituents is 1. The number of nitrogens with zero attached hydrogens (tertiary/aromatic N) is 1. The van der Waals surface area contributed by atoms with E-state index in [9.17, 15) is 10.1 Å². The lowest BCUT2D eigenvalue weighted by Crippen LogP contribution is -2.41. The Morgan fingerprint density at radius 1 is 1.21 bits per heavy atom. The van der Waals surface area contributed by atoms with Crippen LogP contribution in [0.4, 0.5) is 5.69 Å². The molecule has 2 atom stereocenters. The number of methoxy groups -OCH3 is 2. The maximum Gasteiger partial charge on any atom is 0.274 e. The van der Waals surface area contributed by atoms with Gasteiger partial charge in [-0.2, -0.15) is 0 Å². The largest absolute Gasteiger partial charge is 0.354 e. The molecule has 0 radical (unpaired) electrons. The van der Waals surface area contributed by atoms with Gasteiger partial charge >= 0.3 is 0 Å². The van der Waals surface area contributed by atoms with Crippen molar-refractivity contribution in [2.45, 2.75) is 32.2 Å². The zero-order valence-electron chi connectivity index (χ0n) is 11.6. The second-order valence-corrected chi connectivity index (χ2v) is 4.33. The summed E-state index contributed by atoms with van der Waals surface area (Å²) in [5.41, 5.74) is 0.756. The molecule has 0 aliphatic heterocycles. The highest BCUT2D eigenvalue weighted by Gasteiger charge is 2.22. The molecule has 1 aromatic rings. The quantitative estimate of drug-likeness (QED) is 0.466. The van der Waals surface area contributed by atoms with Crippen LogP contribution in [-0.2, 0) is 9.47 Å². The van der Waals surface area contributed by atoms with Crippen molar-refractivity contribution in [3.8, 4) is 0 Å². The van der Waals surface area contributed by atoms with Crippen LogP contribution in [0.25, 0.3) is 0 Å². The lowest BCUT2D eigenvalue weighted by atomic mass is 10.1. The predicted molar refractivity (Wildman–Crippen MR) is 71.9 cm³/mol. The van der Waals surface area contributed by atoms with E-state index in [1.807, 2.05) is 13.8 Å². The minimum Gasteiger partial charge on any atom is -0.354 e. The first-order chi connectivity index (χ1) is 9.01. The van der Waals surface area contributed by atoms with E-state index in [1.165, 1.54) is 6.07 Å². The van der Waals surface area contributed by atoms with Gasteiger partial charge in [-0.15, -0.1) is 0 Å². The van der Waals surface area contributed by atoms with Gasteiger partial charge in [0.1, 0.15) is 0 Å². The van der Waals surface area contributed by atoms with Crippen molar-refractivity contribution in [2.75, 3.05) is 14.2 Å². The summed E-state index contributed by atoms with van der Waals surface area (Å²) in [4.78, 5) is 10.6. The Labute approximate surface area is 112 Å². The van der Waals surface area contributed by atoms with Gasteiger partial charge in [-0.3, -0.25) is 10.1 Å². The highest BCUT2D eigenvalue weighted by molar-refractivity contribution is 5.41. The highest BCUT2D eigenvalue weighted by Crippen LogP contribution is 2.25. The van der Waals surface area contributed by atoms with Gasteiger partial charge in [0.25, 0.3) is 5.69 Å². The predicted octanol–water partition coefficient (Wildman–Crippen LogP) is 2.25. The Kier molecular flexibility index (Phi) is 5.88. The summed E-state index contributed by atoms with van der Waals surface area (Å²) >= 11 is 0. The highest BCUT2D eigenvalue weighted by atomic mass is 16.7. The third-order valence-corrected chi connectivity index (χ3v) is 2.99. The van der Waals surface area contributed by atoms with Crippen molar-refractivity contribution >= 4 is 5.69 Å². The fourth-order valence-electron chi connectivity index (χ4n) is 2.09. The smallest absolute Gasteiger partial charge is 0.274 e. The van der Waals surface area contributed by atoms with Gasteiger partial charge in [0.2, 0.25) is 0 Å². The van der Waals surface area contributed by atoms with Gasteiger partial charge in [0, 0.05) is 31.9 Å². The third kappa shape index (κ3) is 3.99. The molecule has 0 aliphatic rings. The molecule has 106 valence electrons. The molecular weight excluding hydrogens is 248 g/mol. The van der Waals surface area contributed by atoms with E-state index in [1.54, 1.807) is 32.4 Å². The van der Waals surface area contributed by atoms with E-state index in [0.717, 1.165) is 0 Å². The summed E-state index contributed by atoms with van der Waals surface area (Å²) in [6, 6.07) is 6.42. The normalized spacial score (nSPS) is 14.4. The lowest BCUT2D eigenvalue weighted by Gasteiger charge is -2.25. The van der Waals surface area contributed by atoms with Crippen LogP contribution in [0.3, 0.4) is 0 Å². The van der Waals surface area contributed by atoms with Gasteiger partial charge in [-0.25, -0.2) is 0 Å². The number of ether oxygens (including phenoxy) is 2. The Balaban J connectivity index is 2.83. The van der Waals surface area contributed by atoms with Crippen LogP contribution in [0.1, 0.15) is 25.5 Å². The van der Waals surface area contributed by atoms with Crippen LogP contribution in [0, 0.1) is 10.1 Å². The van der Waals surface area contributed by atoms with Gasteiger partial charge in [-0.05, 0) is 13.8 Å². The summed E-state index contributed by atoms with van der Waals surface area (Å²) in [6.45, 7) is 3.78. The van der Waals surface area contributed by atoms with Crippen LogP contribution >= 0.6 is 0 Å². The van der Waals surface area contributed by atoms with Crippen LogP contribution in [-0.4, -0.2) is 31.5 Å². The molecule has 0 amide bonds. The Bertz CT molecular complexity index is 421. The van der Waals surface area contributed by atoms with E-state index in [0.29, 0.717) is 5.56 Å². The molecular formula is C13H20N2O4. The summed E-state index contributed by atoms with van der Waals surface area (Å²) in [7, 11) is 3.12. The maximum atomic E-state index is 11.0. The minimum atomic E-state index is -0.398. The van der Waals surface area contributed by atoms with Gasteiger partial charge in [0.05, 0.1) is 11.0 Å². The van der Waals surface area contributed by atoms with Crippen molar-refractivity contribution in [3.63, 3.8) is 0 Å². The number of hydrogen-bond donors (Lipinski definition) is 1. The van der Waals surface area contributed by atoms with Crippen molar-refractivity contribution in [3.05, 3.63) is 39.9 Å².